The van der Waals surface area contributed by atoms with E-state index in [2.05, 4.69) is 9.97 Å². The molecule has 0 spiro atoms. The first-order valence-electron chi connectivity index (χ1n) is 4.03. The number of halogens is 1. The van der Waals surface area contributed by atoms with E-state index in [4.69, 9.17) is 17.3 Å². The van der Waals surface area contributed by atoms with Crippen LogP contribution in [0.5, 0.6) is 0 Å². The highest BCUT2D eigenvalue weighted by Crippen LogP contribution is 2.29. The molecule has 2 N–H and O–H groups in total. The second-order valence-electron chi connectivity index (χ2n) is 2.76. The van der Waals surface area contributed by atoms with Gasteiger partial charge in [0, 0.05) is 11.8 Å². The van der Waals surface area contributed by atoms with Gasteiger partial charge in [-0.25, -0.2) is 9.97 Å². The Morgan fingerprint density at radius 3 is 2.86 bits per heavy atom. The maximum Gasteiger partial charge on any atom is 0.115 e. The SMILES string of the molecule is NC(c1ccncn1)c1ccsc1Cl. The smallest absolute Gasteiger partial charge is 0.115 e. The highest BCUT2D eigenvalue weighted by atomic mass is 35.5. The lowest BCUT2D eigenvalue weighted by atomic mass is 10.1. The van der Waals surface area contributed by atoms with Crippen molar-refractivity contribution in [3.8, 4) is 0 Å². The second kappa shape index (κ2) is 4.04. The molecule has 0 fully saturated rings. The van der Waals surface area contributed by atoms with Crippen molar-refractivity contribution in [3.05, 3.63) is 45.6 Å². The van der Waals surface area contributed by atoms with Gasteiger partial charge in [-0.15, -0.1) is 11.3 Å². The molecule has 1 unspecified atom stereocenters. The fourth-order valence-corrected chi connectivity index (χ4v) is 2.17. The van der Waals surface area contributed by atoms with E-state index in [0.717, 1.165) is 15.6 Å². The summed E-state index contributed by atoms with van der Waals surface area (Å²) in [5, 5.41) is 1.92. The van der Waals surface area contributed by atoms with E-state index in [0.29, 0.717) is 0 Å². The average molecular weight is 226 g/mol. The van der Waals surface area contributed by atoms with E-state index in [1.165, 1.54) is 17.7 Å². The van der Waals surface area contributed by atoms with Crippen molar-refractivity contribution in [2.75, 3.05) is 0 Å². The molecule has 2 aromatic heterocycles. The molecule has 0 aliphatic carbocycles. The van der Waals surface area contributed by atoms with Gasteiger partial charge in [-0.3, -0.25) is 0 Å². The largest absolute Gasteiger partial charge is 0.319 e. The summed E-state index contributed by atoms with van der Waals surface area (Å²) in [4.78, 5) is 7.92. The van der Waals surface area contributed by atoms with Gasteiger partial charge in [0.1, 0.15) is 6.33 Å². The molecule has 0 bridgehead atoms. The first-order chi connectivity index (χ1) is 6.79. The molecule has 5 heteroatoms. The van der Waals surface area contributed by atoms with Gasteiger partial charge in [-0.1, -0.05) is 11.6 Å². The summed E-state index contributed by atoms with van der Waals surface area (Å²) in [7, 11) is 0. The zero-order valence-corrected chi connectivity index (χ0v) is 8.79. The standard InChI is InChI=1S/C9H8ClN3S/c10-9-6(2-4-14-9)8(11)7-1-3-12-5-13-7/h1-5,8H,11H2. The zero-order valence-electron chi connectivity index (χ0n) is 7.22. The molecule has 0 aliphatic heterocycles. The molecular weight excluding hydrogens is 218 g/mol. The Bertz CT molecular complexity index is 415. The summed E-state index contributed by atoms with van der Waals surface area (Å²) in [6, 6.07) is 3.44. The molecule has 72 valence electrons. The minimum atomic E-state index is -0.267. The average Bonchev–Trinajstić information content (AvgIpc) is 2.65. The topological polar surface area (TPSA) is 51.8 Å². The van der Waals surface area contributed by atoms with Gasteiger partial charge in [0.15, 0.2) is 0 Å². The van der Waals surface area contributed by atoms with Crippen LogP contribution in [-0.4, -0.2) is 9.97 Å². The van der Waals surface area contributed by atoms with Crippen molar-refractivity contribution in [2.45, 2.75) is 6.04 Å². The Balaban J connectivity index is 2.34. The predicted octanol–water partition coefficient (Wildman–Crippen LogP) is 2.24. The molecule has 0 saturated carbocycles. The van der Waals surface area contributed by atoms with Crippen LogP contribution in [0.4, 0.5) is 0 Å². The van der Waals surface area contributed by atoms with Gasteiger partial charge in [0.25, 0.3) is 0 Å². The van der Waals surface area contributed by atoms with Crippen LogP contribution < -0.4 is 5.73 Å². The third-order valence-corrected chi connectivity index (χ3v) is 3.10. The van der Waals surface area contributed by atoms with Gasteiger partial charge in [-0.05, 0) is 17.5 Å². The fourth-order valence-electron chi connectivity index (χ4n) is 1.17. The van der Waals surface area contributed by atoms with Gasteiger partial charge >= 0.3 is 0 Å². The third kappa shape index (κ3) is 1.77. The van der Waals surface area contributed by atoms with E-state index in [-0.39, 0.29) is 6.04 Å². The molecule has 1 atom stereocenters. The Morgan fingerprint density at radius 1 is 1.43 bits per heavy atom. The highest BCUT2D eigenvalue weighted by Gasteiger charge is 2.13. The lowest BCUT2D eigenvalue weighted by molar-refractivity contribution is 0.824. The molecule has 0 saturated heterocycles. The second-order valence-corrected chi connectivity index (χ2v) is 4.28. The number of nitrogens with zero attached hydrogens (tertiary/aromatic N) is 2. The van der Waals surface area contributed by atoms with Crippen LogP contribution in [0.25, 0.3) is 0 Å². The third-order valence-electron chi connectivity index (χ3n) is 1.90. The Kier molecular flexibility index (Phi) is 2.77. The summed E-state index contributed by atoms with van der Waals surface area (Å²) < 4.78 is 0.719. The van der Waals surface area contributed by atoms with Crippen molar-refractivity contribution < 1.29 is 0 Å². The van der Waals surface area contributed by atoms with Crippen molar-refractivity contribution >= 4 is 22.9 Å². The quantitative estimate of drug-likeness (QED) is 0.853. The normalized spacial score (nSPS) is 12.7. The summed E-state index contributed by atoms with van der Waals surface area (Å²) in [6.07, 6.45) is 3.15. The van der Waals surface area contributed by atoms with Crippen LogP contribution in [0.2, 0.25) is 4.34 Å². The molecule has 3 nitrogen and oxygen atoms in total. The number of thiophene rings is 1. The van der Waals surface area contributed by atoms with Crippen LogP contribution in [0.3, 0.4) is 0 Å². The van der Waals surface area contributed by atoms with Crippen molar-refractivity contribution in [3.63, 3.8) is 0 Å². The molecule has 0 aromatic carbocycles. The number of hydrogen-bond acceptors (Lipinski definition) is 4. The predicted molar refractivity (Wildman–Crippen MR) is 57.4 cm³/mol. The molecule has 2 aromatic rings. The lowest BCUT2D eigenvalue weighted by Gasteiger charge is -2.08. The molecule has 0 radical (unpaired) electrons. The molecule has 14 heavy (non-hydrogen) atoms. The van der Waals surface area contributed by atoms with E-state index < -0.39 is 0 Å². The Labute approximate surface area is 90.6 Å². The minimum absolute atomic E-state index is 0.267. The van der Waals surface area contributed by atoms with Gasteiger partial charge in [0.05, 0.1) is 16.1 Å². The van der Waals surface area contributed by atoms with Gasteiger partial charge < -0.3 is 5.73 Å². The fraction of sp³-hybridized carbons (Fsp3) is 0.111. The van der Waals surface area contributed by atoms with Crippen LogP contribution in [0.1, 0.15) is 17.3 Å². The molecule has 2 rings (SSSR count). The lowest BCUT2D eigenvalue weighted by Crippen LogP contribution is -2.12. The highest BCUT2D eigenvalue weighted by molar-refractivity contribution is 7.14. The molecule has 0 amide bonds. The van der Waals surface area contributed by atoms with Gasteiger partial charge in [-0.2, -0.15) is 0 Å². The minimum Gasteiger partial charge on any atom is -0.319 e. The molecule has 0 aliphatic rings. The van der Waals surface area contributed by atoms with Crippen molar-refractivity contribution in [2.24, 2.45) is 5.73 Å². The maximum atomic E-state index is 5.99. The van der Waals surface area contributed by atoms with E-state index >= 15 is 0 Å². The summed E-state index contributed by atoms with van der Waals surface area (Å²) in [6.45, 7) is 0. The maximum absolute atomic E-state index is 5.99. The number of aromatic nitrogens is 2. The van der Waals surface area contributed by atoms with E-state index in [1.54, 1.807) is 12.3 Å². The monoisotopic (exact) mass is 225 g/mol. The van der Waals surface area contributed by atoms with E-state index in [9.17, 15) is 0 Å². The first kappa shape index (κ1) is 9.58. The van der Waals surface area contributed by atoms with Crippen LogP contribution in [-0.2, 0) is 0 Å². The summed E-state index contributed by atoms with van der Waals surface area (Å²) in [5.74, 6) is 0. The van der Waals surface area contributed by atoms with Crippen LogP contribution in [0.15, 0.2) is 30.0 Å². The van der Waals surface area contributed by atoms with Crippen molar-refractivity contribution in [1.82, 2.24) is 9.97 Å². The summed E-state index contributed by atoms with van der Waals surface area (Å²) in [5.41, 5.74) is 7.68. The number of rotatable bonds is 2. The zero-order chi connectivity index (χ0) is 9.97. The molecular formula is C9H8ClN3S. The Hall–Kier alpha value is -0.970. The van der Waals surface area contributed by atoms with Crippen LogP contribution in [0, 0.1) is 0 Å². The Morgan fingerprint density at radius 2 is 2.29 bits per heavy atom. The summed E-state index contributed by atoms with van der Waals surface area (Å²) >= 11 is 7.45. The van der Waals surface area contributed by atoms with Gasteiger partial charge in [0.2, 0.25) is 0 Å². The number of hydrogen-bond donors (Lipinski definition) is 1. The first-order valence-corrected chi connectivity index (χ1v) is 5.29. The number of nitrogens with two attached hydrogens (primary N) is 1. The van der Waals surface area contributed by atoms with E-state index in [1.807, 2.05) is 11.4 Å². The molecule has 2 heterocycles. The van der Waals surface area contributed by atoms with Crippen LogP contribution >= 0.6 is 22.9 Å². The van der Waals surface area contributed by atoms with Crippen molar-refractivity contribution in [1.29, 1.82) is 0 Å².